The zero-order chi connectivity index (χ0) is 12.1. The van der Waals surface area contributed by atoms with Gasteiger partial charge >= 0.3 is 0 Å². The molecule has 0 amide bonds. The minimum atomic E-state index is 0.706. The highest BCUT2D eigenvalue weighted by molar-refractivity contribution is 6.33. The summed E-state index contributed by atoms with van der Waals surface area (Å²) in [6.07, 6.45) is 6.10. The van der Waals surface area contributed by atoms with E-state index in [0.29, 0.717) is 5.02 Å². The highest BCUT2D eigenvalue weighted by Crippen LogP contribution is 2.24. The second-order valence-corrected chi connectivity index (χ2v) is 4.31. The second kappa shape index (κ2) is 5.73. The number of hydrogen-bond acceptors (Lipinski definition) is 2. The molecule has 1 N–H and O–H groups in total. The molecule has 1 aromatic heterocycles. The second-order valence-electron chi connectivity index (χ2n) is 3.90. The molecule has 3 nitrogen and oxygen atoms in total. The van der Waals surface area contributed by atoms with Gasteiger partial charge in [-0.1, -0.05) is 37.1 Å². The molecule has 0 spiro atoms. The van der Waals surface area contributed by atoms with E-state index in [9.17, 15) is 0 Å². The molecule has 0 saturated heterocycles. The normalized spacial score (nSPS) is 10.5. The molecule has 0 bridgehead atoms. The summed E-state index contributed by atoms with van der Waals surface area (Å²) in [5.74, 6) is 0.839. The number of aryl methyl sites for hydroxylation is 1. The number of rotatable bonds is 5. The number of hydrogen-bond donors (Lipinski definition) is 1. The molecule has 0 aliphatic carbocycles. The van der Waals surface area contributed by atoms with E-state index in [4.69, 9.17) is 11.6 Å². The van der Waals surface area contributed by atoms with Crippen LogP contribution in [0.5, 0.6) is 0 Å². The SMILES string of the molecule is CCCCn1ccnc1Nc1ccccc1Cl. The first-order valence-electron chi connectivity index (χ1n) is 5.84. The number of unbranched alkanes of at least 4 members (excludes halogenated alkanes) is 1. The number of para-hydroxylation sites is 1. The highest BCUT2D eigenvalue weighted by Gasteiger charge is 2.04. The van der Waals surface area contributed by atoms with Crippen LogP contribution in [-0.4, -0.2) is 9.55 Å². The Labute approximate surface area is 106 Å². The number of benzene rings is 1. The number of imidazole rings is 1. The number of nitrogens with one attached hydrogen (secondary N) is 1. The zero-order valence-electron chi connectivity index (χ0n) is 9.86. The molecule has 0 atom stereocenters. The molecule has 2 aromatic rings. The third-order valence-electron chi connectivity index (χ3n) is 2.59. The minimum Gasteiger partial charge on any atom is -0.324 e. The average Bonchev–Trinajstić information content (AvgIpc) is 2.77. The van der Waals surface area contributed by atoms with E-state index < -0.39 is 0 Å². The summed E-state index contributed by atoms with van der Waals surface area (Å²) in [7, 11) is 0. The van der Waals surface area contributed by atoms with Gasteiger partial charge < -0.3 is 9.88 Å². The first kappa shape index (κ1) is 12.0. The van der Waals surface area contributed by atoms with Gasteiger partial charge in [-0.05, 0) is 18.6 Å². The lowest BCUT2D eigenvalue weighted by molar-refractivity contribution is 0.638. The molecular weight excluding hydrogens is 234 g/mol. The van der Waals surface area contributed by atoms with E-state index in [-0.39, 0.29) is 0 Å². The largest absolute Gasteiger partial charge is 0.324 e. The van der Waals surface area contributed by atoms with Crippen molar-refractivity contribution < 1.29 is 0 Å². The van der Waals surface area contributed by atoms with Crippen molar-refractivity contribution >= 4 is 23.2 Å². The average molecular weight is 250 g/mol. The van der Waals surface area contributed by atoms with E-state index >= 15 is 0 Å². The van der Waals surface area contributed by atoms with Gasteiger partial charge in [-0.3, -0.25) is 0 Å². The van der Waals surface area contributed by atoms with Gasteiger partial charge in [0.25, 0.3) is 0 Å². The Morgan fingerprint density at radius 2 is 2.18 bits per heavy atom. The fourth-order valence-electron chi connectivity index (χ4n) is 1.63. The summed E-state index contributed by atoms with van der Waals surface area (Å²) in [5, 5.41) is 3.96. The van der Waals surface area contributed by atoms with Gasteiger partial charge in [0, 0.05) is 18.9 Å². The maximum Gasteiger partial charge on any atom is 0.207 e. The monoisotopic (exact) mass is 249 g/mol. The van der Waals surface area contributed by atoms with Gasteiger partial charge in [-0.2, -0.15) is 0 Å². The minimum absolute atomic E-state index is 0.706. The Balaban J connectivity index is 2.13. The number of halogens is 1. The Bertz CT molecular complexity index is 479. The summed E-state index contributed by atoms with van der Waals surface area (Å²) in [4.78, 5) is 4.30. The van der Waals surface area contributed by atoms with Crippen LogP contribution in [0.2, 0.25) is 5.02 Å². The Kier molecular flexibility index (Phi) is 4.04. The smallest absolute Gasteiger partial charge is 0.207 e. The summed E-state index contributed by atoms with van der Waals surface area (Å²) in [6.45, 7) is 3.15. The van der Waals surface area contributed by atoms with Crippen LogP contribution in [0.1, 0.15) is 19.8 Å². The lowest BCUT2D eigenvalue weighted by Gasteiger charge is -2.10. The summed E-state index contributed by atoms with van der Waals surface area (Å²) >= 11 is 6.10. The Morgan fingerprint density at radius 3 is 2.94 bits per heavy atom. The first-order chi connectivity index (χ1) is 8.31. The summed E-state index contributed by atoms with van der Waals surface area (Å²) < 4.78 is 2.10. The van der Waals surface area contributed by atoms with E-state index in [1.807, 2.05) is 30.5 Å². The molecule has 0 unspecified atom stereocenters. The van der Waals surface area contributed by atoms with Crippen LogP contribution in [0.25, 0.3) is 0 Å². The van der Waals surface area contributed by atoms with E-state index in [1.54, 1.807) is 6.20 Å². The summed E-state index contributed by atoms with van der Waals surface area (Å²) in [6, 6.07) is 7.68. The van der Waals surface area contributed by atoms with Crippen molar-refractivity contribution in [3.63, 3.8) is 0 Å². The van der Waals surface area contributed by atoms with E-state index in [1.165, 1.54) is 6.42 Å². The lowest BCUT2D eigenvalue weighted by Crippen LogP contribution is -2.03. The molecule has 0 saturated carbocycles. The molecule has 0 aliphatic rings. The molecule has 17 heavy (non-hydrogen) atoms. The molecule has 2 rings (SSSR count). The number of nitrogens with zero attached hydrogens (tertiary/aromatic N) is 2. The maximum absolute atomic E-state index is 6.10. The van der Waals surface area contributed by atoms with Gasteiger partial charge in [-0.15, -0.1) is 0 Å². The van der Waals surface area contributed by atoms with Crippen LogP contribution >= 0.6 is 11.6 Å². The van der Waals surface area contributed by atoms with Crippen molar-refractivity contribution in [2.75, 3.05) is 5.32 Å². The fraction of sp³-hybridized carbons (Fsp3) is 0.308. The summed E-state index contributed by atoms with van der Waals surface area (Å²) in [5.41, 5.74) is 0.887. The van der Waals surface area contributed by atoms with Crippen LogP contribution in [-0.2, 0) is 6.54 Å². The maximum atomic E-state index is 6.10. The number of anilines is 2. The molecule has 0 fully saturated rings. The van der Waals surface area contributed by atoms with Gasteiger partial charge in [0.2, 0.25) is 5.95 Å². The Hall–Kier alpha value is -1.48. The first-order valence-corrected chi connectivity index (χ1v) is 6.21. The van der Waals surface area contributed by atoms with E-state index in [0.717, 1.165) is 24.6 Å². The van der Waals surface area contributed by atoms with Gasteiger partial charge in [-0.25, -0.2) is 4.98 Å². The predicted octanol–water partition coefficient (Wildman–Crippen LogP) is 4.08. The molecule has 0 aliphatic heterocycles. The van der Waals surface area contributed by atoms with Crippen molar-refractivity contribution in [3.05, 3.63) is 41.7 Å². The highest BCUT2D eigenvalue weighted by atomic mass is 35.5. The van der Waals surface area contributed by atoms with Gasteiger partial charge in [0.1, 0.15) is 0 Å². The van der Waals surface area contributed by atoms with Crippen LogP contribution in [0.15, 0.2) is 36.7 Å². The molecule has 0 radical (unpaired) electrons. The Morgan fingerprint density at radius 1 is 1.35 bits per heavy atom. The van der Waals surface area contributed by atoms with Crippen LogP contribution in [0.3, 0.4) is 0 Å². The quantitative estimate of drug-likeness (QED) is 0.865. The molecule has 1 heterocycles. The van der Waals surface area contributed by atoms with Crippen molar-refractivity contribution in [2.24, 2.45) is 0 Å². The third-order valence-corrected chi connectivity index (χ3v) is 2.92. The molecular formula is C13H16ClN3. The van der Waals surface area contributed by atoms with Crippen LogP contribution in [0, 0.1) is 0 Å². The van der Waals surface area contributed by atoms with Gasteiger partial charge in [0.15, 0.2) is 0 Å². The molecule has 1 aromatic carbocycles. The topological polar surface area (TPSA) is 29.9 Å². The zero-order valence-corrected chi connectivity index (χ0v) is 10.6. The van der Waals surface area contributed by atoms with Crippen LogP contribution in [0.4, 0.5) is 11.6 Å². The van der Waals surface area contributed by atoms with E-state index in [2.05, 4.69) is 21.8 Å². The van der Waals surface area contributed by atoms with Crippen molar-refractivity contribution in [1.29, 1.82) is 0 Å². The third kappa shape index (κ3) is 3.01. The standard InChI is InChI=1S/C13H16ClN3/c1-2-3-9-17-10-8-15-13(17)16-12-7-5-4-6-11(12)14/h4-8,10H,2-3,9H2,1H3,(H,15,16). The number of aromatic nitrogens is 2. The molecule has 4 heteroatoms. The van der Waals surface area contributed by atoms with Crippen molar-refractivity contribution in [2.45, 2.75) is 26.3 Å². The molecule has 90 valence electrons. The van der Waals surface area contributed by atoms with Crippen molar-refractivity contribution in [3.8, 4) is 0 Å². The van der Waals surface area contributed by atoms with Crippen molar-refractivity contribution in [1.82, 2.24) is 9.55 Å². The van der Waals surface area contributed by atoms with Gasteiger partial charge in [0.05, 0.1) is 10.7 Å². The fourth-order valence-corrected chi connectivity index (χ4v) is 1.81. The van der Waals surface area contributed by atoms with Crippen LogP contribution < -0.4 is 5.32 Å². The lowest BCUT2D eigenvalue weighted by atomic mass is 10.3. The predicted molar refractivity (Wildman–Crippen MR) is 71.9 cm³/mol.